The van der Waals surface area contributed by atoms with Crippen LogP contribution < -0.4 is 15.2 Å². The molecule has 0 bridgehead atoms. The summed E-state index contributed by atoms with van der Waals surface area (Å²) in [6, 6.07) is 14.9. The van der Waals surface area contributed by atoms with Gasteiger partial charge in [0.15, 0.2) is 11.5 Å². The minimum absolute atomic E-state index is 0.166. The maximum Gasteiger partial charge on any atom is 0.162 e. The summed E-state index contributed by atoms with van der Waals surface area (Å²) in [7, 11) is 1.62. The lowest BCUT2D eigenvalue weighted by Gasteiger charge is -2.24. The first-order chi connectivity index (χ1) is 9.61. The normalized spacial score (nSPS) is 13.6. The number of methoxy groups -OCH3 is 1. The van der Waals surface area contributed by atoms with Gasteiger partial charge in [0.05, 0.1) is 7.11 Å². The number of para-hydroxylation sites is 2. The van der Waals surface area contributed by atoms with Crippen molar-refractivity contribution >= 4 is 11.6 Å². The first-order valence-electron chi connectivity index (χ1n) is 6.42. The Hall–Kier alpha value is -1.71. The average molecular weight is 292 g/mol. The smallest absolute Gasteiger partial charge is 0.162 e. The Bertz CT molecular complexity index is 555. The molecule has 0 aliphatic rings. The van der Waals surface area contributed by atoms with Crippen LogP contribution in [0.3, 0.4) is 0 Å². The van der Waals surface area contributed by atoms with Crippen molar-refractivity contribution in [3.05, 3.63) is 59.1 Å². The van der Waals surface area contributed by atoms with Crippen molar-refractivity contribution in [1.29, 1.82) is 0 Å². The van der Waals surface area contributed by atoms with Crippen LogP contribution in [-0.2, 0) is 0 Å². The van der Waals surface area contributed by atoms with E-state index in [1.165, 1.54) is 0 Å². The number of halogens is 1. The van der Waals surface area contributed by atoms with Gasteiger partial charge in [0.2, 0.25) is 0 Å². The maximum absolute atomic E-state index is 6.05. The van der Waals surface area contributed by atoms with Crippen LogP contribution in [-0.4, -0.2) is 13.2 Å². The summed E-state index contributed by atoms with van der Waals surface area (Å²) in [5.41, 5.74) is 7.03. The first kappa shape index (κ1) is 14.7. The van der Waals surface area contributed by atoms with E-state index in [2.05, 4.69) is 0 Å². The zero-order valence-corrected chi connectivity index (χ0v) is 12.3. The highest BCUT2D eigenvalue weighted by Crippen LogP contribution is 2.32. The highest BCUT2D eigenvalue weighted by Gasteiger charge is 2.19. The SMILES string of the molecule is COc1ccccc1OC(c1ccc(Cl)cc1)C(C)N. The summed E-state index contributed by atoms with van der Waals surface area (Å²) in [6.07, 6.45) is -0.261. The lowest BCUT2D eigenvalue weighted by Crippen LogP contribution is -2.29. The number of hydrogen-bond acceptors (Lipinski definition) is 3. The molecule has 0 fully saturated rings. The van der Waals surface area contributed by atoms with Crippen LogP contribution in [0.15, 0.2) is 48.5 Å². The van der Waals surface area contributed by atoms with Crippen molar-refractivity contribution in [2.24, 2.45) is 5.73 Å². The molecule has 2 unspecified atom stereocenters. The van der Waals surface area contributed by atoms with Crippen molar-refractivity contribution in [2.45, 2.75) is 19.1 Å². The number of rotatable bonds is 5. The Labute approximate surface area is 124 Å². The predicted octanol–water partition coefficient (Wildman–Crippen LogP) is 3.82. The molecule has 106 valence electrons. The van der Waals surface area contributed by atoms with Gasteiger partial charge in [-0.3, -0.25) is 0 Å². The van der Waals surface area contributed by atoms with Crippen LogP contribution in [0, 0.1) is 0 Å². The molecule has 2 atom stereocenters. The summed E-state index contributed by atoms with van der Waals surface area (Å²) < 4.78 is 11.3. The molecular formula is C16H18ClNO2. The highest BCUT2D eigenvalue weighted by atomic mass is 35.5. The van der Waals surface area contributed by atoms with Crippen molar-refractivity contribution in [3.8, 4) is 11.5 Å². The van der Waals surface area contributed by atoms with E-state index >= 15 is 0 Å². The molecule has 0 radical (unpaired) electrons. The van der Waals surface area contributed by atoms with Crippen LogP contribution in [0.4, 0.5) is 0 Å². The molecule has 0 spiro atoms. The molecule has 20 heavy (non-hydrogen) atoms. The zero-order chi connectivity index (χ0) is 14.5. The van der Waals surface area contributed by atoms with Gasteiger partial charge >= 0.3 is 0 Å². The molecule has 2 aromatic carbocycles. The summed E-state index contributed by atoms with van der Waals surface area (Å²) in [6.45, 7) is 1.91. The van der Waals surface area contributed by atoms with E-state index in [0.29, 0.717) is 16.5 Å². The Kier molecular flexibility index (Phi) is 4.88. The fourth-order valence-electron chi connectivity index (χ4n) is 1.98. The molecule has 4 heteroatoms. The molecule has 0 aromatic heterocycles. The van der Waals surface area contributed by atoms with Crippen LogP contribution in [0.2, 0.25) is 5.02 Å². The Morgan fingerprint density at radius 2 is 1.60 bits per heavy atom. The molecule has 0 amide bonds. The molecule has 0 saturated carbocycles. The third kappa shape index (κ3) is 3.44. The number of hydrogen-bond donors (Lipinski definition) is 1. The molecule has 0 heterocycles. The largest absolute Gasteiger partial charge is 0.493 e. The number of ether oxygens (including phenoxy) is 2. The molecule has 2 N–H and O–H groups in total. The average Bonchev–Trinajstić information content (AvgIpc) is 2.46. The summed E-state index contributed by atoms with van der Waals surface area (Å²) in [5.74, 6) is 1.36. The van der Waals surface area contributed by atoms with E-state index in [1.54, 1.807) is 7.11 Å². The van der Waals surface area contributed by atoms with Crippen LogP contribution in [0.5, 0.6) is 11.5 Å². The van der Waals surface area contributed by atoms with Gasteiger partial charge in [-0.05, 0) is 36.8 Å². The summed E-state index contributed by atoms with van der Waals surface area (Å²) in [5, 5.41) is 0.689. The van der Waals surface area contributed by atoms with Crippen LogP contribution in [0.1, 0.15) is 18.6 Å². The lowest BCUT2D eigenvalue weighted by molar-refractivity contribution is 0.173. The van der Waals surface area contributed by atoms with E-state index in [4.69, 9.17) is 26.8 Å². The molecule has 3 nitrogen and oxygen atoms in total. The van der Waals surface area contributed by atoms with Crippen LogP contribution >= 0.6 is 11.6 Å². The second-order valence-electron chi connectivity index (χ2n) is 4.60. The number of nitrogens with two attached hydrogens (primary N) is 1. The third-order valence-electron chi connectivity index (χ3n) is 3.00. The van der Waals surface area contributed by atoms with E-state index < -0.39 is 0 Å². The monoisotopic (exact) mass is 291 g/mol. The molecular weight excluding hydrogens is 274 g/mol. The predicted molar refractivity (Wildman–Crippen MR) is 81.5 cm³/mol. The minimum atomic E-state index is -0.261. The third-order valence-corrected chi connectivity index (χ3v) is 3.25. The van der Waals surface area contributed by atoms with Crippen molar-refractivity contribution < 1.29 is 9.47 Å². The summed E-state index contributed by atoms with van der Waals surface area (Å²) in [4.78, 5) is 0. The molecule has 2 aromatic rings. The van der Waals surface area contributed by atoms with Gasteiger partial charge in [0.1, 0.15) is 6.10 Å². The molecule has 0 saturated heterocycles. The second kappa shape index (κ2) is 6.64. The fourth-order valence-corrected chi connectivity index (χ4v) is 2.11. The Morgan fingerprint density at radius 3 is 2.15 bits per heavy atom. The van der Waals surface area contributed by atoms with Gasteiger partial charge in [-0.15, -0.1) is 0 Å². The van der Waals surface area contributed by atoms with Gasteiger partial charge in [0, 0.05) is 11.1 Å². The van der Waals surface area contributed by atoms with Crippen LogP contribution in [0.25, 0.3) is 0 Å². The lowest BCUT2D eigenvalue weighted by atomic mass is 10.0. The minimum Gasteiger partial charge on any atom is -0.493 e. The Balaban J connectivity index is 2.28. The van der Waals surface area contributed by atoms with Gasteiger partial charge in [-0.25, -0.2) is 0 Å². The standard InChI is InChI=1S/C16H18ClNO2/c1-11(18)16(12-7-9-13(17)10-8-12)20-15-6-4-3-5-14(15)19-2/h3-11,16H,18H2,1-2H3. The number of benzene rings is 2. The van der Waals surface area contributed by atoms with E-state index in [0.717, 1.165) is 5.56 Å². The topological polar surface area (TPSA) is 44.5 Å². The fraction of sp³-hybridized carbons (Fsp3) is 0.250. The highest BCUT2D eigenvalue weighted by molar-refractivity contribution is 6.30. The zero-order valence-electron chi connectivity index (χ0n) is 11.5. The molecule has 0 aliphatic heterocycles. The van der Waals surface area contributed by atoms with E-state index in [-0.39, 0.29) is 12.1 Å². The van der Waals surface area contributed by atoms with E-state index in [1.807, 2.05) is 55.5 Å². The quantitative estimate of drug-likeness (QED) is 0.911. The van der Waals surface area contributed by atoms with Gasteiger partial charge in [-0.2, -0.15) is 0 Å². The van der Waals surface area contributed by atoms with E-state index in [9.17, 15) is 0 Å². The second-order valence-corrected chi connectivity index (χ2v) is 5.04. The maximum atomic E-state index is 6.05. The molecule has 0 aliphatic carbocycles. The Morgan fingerprint density at radius 1 is 1.00 bits per heavy atom. The van der Waals surface area contributed by atoms with Crippen molar-refractivity contribution in [2.75, 3.05) is 7.11 Å². The van der Waals surface area contributed by atoms with Crippen molar-refractivity contribution in [3.63, 3.8) is 0 Å². The summed E-state index contributed by atoms with van der Waals surface area (Å²) >= 11 is 5.91. The van der Waals surface area contributed by atoms with Gasteiger partial charge in [0.25, 0.3) is 0 Å². The van der Waals surface area contributed by atoms with Gasteiger partial charge in [-0.1, -0.05) is 35.9 Å². The van der Waals surface area contributed by atoms with Crippen molar-refractivity contribution in [1.82, 2.24) is 0 Å². The first-order valence-corrected chi connectivity index (χ1v) is 6.80. The molecule has 2 rings (SSSR count). The van der Waals surface area contributed by atoms with Gasteiger partial charge < -0.3 is 15.2 Å².